The fourth-order valence-electron chi connectivity index (χ4n) is 2.22. The molecule has 94 valence electrons. The maximum atomic E-state index is 9.94. The molecule has 0 unspecified atom stereocenters. The summed E-state index contributed by atoms with van der Waals surface area (Å²) in [5, 5.41) is 13.3. The minimum absolute atomic E-state index is 0.146. The molecule has 1 aromatic rings. The number of ether oxygens (including phenoxy) is 1. The molecule has 1 fully saturated rings. The van der Waals surface area contributed by atoms with Crippen LogP contribution in [0.3, 0.4) is 0 Å². The van der Waals surface area contributed by atoms with Crippen molar-refractivity contribution < 1.29 is 9.84 Å². The maximum absolute atomic E-state index is 9.94. The molecule has 0 heterocycles. The highest BCUT2D eigenvalue weighted by atomic mass is 79.9. The van der Waals surface area contributed by atoms with Gasteiger partial charge in [0.15, 0.2) is 0 Å². The number of anilines is 1. The molecule has 3 nitrogen and oxygen atoms in total. The van der Waals surface area contributed by atoms with Gasteiger partial charge in [0.2, 0.25) is 0 Å². The Kier molecular flexibility index (Phi) is 4.29. The van der Waals surface area contributed by atoms with Crippen LogP contribution in [0.4, 0.5) is 5.69 Å². The van der Waals surface area contributed by atoms with Crippen LogP contribution in [0.5, 0.6) is 5.75 Å². The lowest BCUT2D eigenvalue weighted by Gasteiger charge is -2.29. The van der Waals surface area contributed by atoms with Crippen molar-refractivity contribution in [3.05, 3.63) is 22.7 Å². The standard InChI is InChI=1S/C13H18BrNO2/c1-17-9-6-7-10(14)12(8-9)15-11-4-2-3-5-13(11)16/h6-8,11,13,15-16H,2-5H2,1H3/t11-,13-/m1/s1. The third kappa shape index (κ3) is 3.13. The number of halogens is 1. The average Bonchev–Trinajstić information content (AvgIpc) is 2.35. The second-order valence-electron chi connectivity index (χ2n) is 4.45. The average molecular weight is 300 g/mol. The van der Waals surface area contributed by atoms with Gasteiger partial charge in [-0.05, 0) is 40.9 Å². The van der Waals surface area contributed by atoms with Crippen molar-refractivity contribution in [3.63, 3.8) is 0 Å². The summed E-state index contributed by atoms with van der Waals surface area (Å²) in [6.07, 6.45) is 3.96. The van der Waals surface area contributed by atoms with E-state index in [1.54, 1.807) is 7.11 Å². The van der Waals surface area contributed by atoms with E-state index < -0.39 is 0 Å². The van der Waals surface area contributed by atoms with Gasteiger partial charge in [-0.1, -0.05) is 12.8 Å². The number of benzene rings is 1. The molecule has 1 saturated carbocycles. The first-order chi connectivity index (χ1) is 8.20. The highest BCUT2D eigenvalue weighted by molar-refractivity contribution is 9.10. The number of nitrogens with one attached hydrogen (secondary N) is 1. The van der Waals surface area contributed by atoms with Crippen LogP contribution in [-0.2, 0) is 0 Å². The molecule has 2 rings (SSSR count). The molecule has 0 spiro atoms. The Morgan fingerprint density at radius 2 is 2.12 bits per heavy atom. The first kappa shape index (κ1) is 12.7. The van der Waals surface area contributed by atoms with Crippen LogP contribution in [0.1, 0.15) is 25.7 Å². The third-order valence-corrected chi connectivity index (χ3v) is 3.94. The maximum Gasteiger partial charge on any atom is 0.121 e. The topological polar surface area (TPSA) is 41.5 Å². The molecule has 0 saturated heterocycles. The minimum atomic E-state index is -0.248. The SMILES string of the molecule is COc1ccc(Br)c(N[C@@H]2CCCC[C@H]2O)c1. The Labute approximate surface area is 110 Å². The molecule has 0 bridgehead atoms. The lowest BCUT2D eigenvalue weighted by atomic mass is 9.92. The van der Waals surface area contributed by atoms with Gasteiger partial charge in [0.25, 0.3) is 0 Å². The smallest absolute Gasteiger partial charge is 0.121 e. The summed E-state index contributed by atoms with van der Waals surface area (Å²) in [7, 11) is 1.66. The van der Waals surface area contributed by atoms with Crippen LogP contribution in [-0.4, -0.2) is 24.4 Å². The van der Waals surface area contributed by atoms with Gasteiger partial charge in [0.05, 0.1) is 24.9 Å². The van der Waals surface area contributed by atoms with Gasteiger partial charge < -0.3 is 15.2 Å². The van der Waals surface area contributed by atoms with Gasteiger partial charge in [-0.15, -0.1) is 0 Å². The molecule has 17 heavy (non-hydrogen) atoms. The molecule has 0 amide bonds. The molecule has 2 atom stereocenters. The van der Waals surface area contributed by atoms with Crippen LogP contribution >= 0.6 is 15.9 Å². The number of hydrogen-bond donors (Lipinski definition) is 2. The Morgan fingerprint density at radius 3 is 2.82 bits per heavy atom. The highest BCUT2D eigenvalue weighted by Gasteiger charge is 2.23. The lowest BCUT2D eigenvalue weighted by Crippen LogP contribution is -2.36. The summed E-state index contributed by atoms with van der Waals surface area (Å²) in [6.45, 7) is 0. The molecule has 0 aromatic heterocycles. The summed E-state index contributed by atoms with van der Waals surface area (Å²) in [5.41, 5.74) is 0.982. The number of rotatable bonds is 3. The van der Waals surface area contributed by atoms with Gasteiger partial charge in [-0.25, -0.2) is 0 Å². The van der Waals surface area contributed by atoms with Gasteiger partial charge in [-0.3, -0.25) is 0 Å². The molecule has 1 aromatic carbocycles. The molecule has 1 aliphatic carbocycles. The monoisotopic (exact) mass is 299 g/mol. The normalized spacial score (nSPS) is 24.4. The molecule has 2 N–H and O–H groups in total. The van der Waals surface area contributed by atoms with Crippen molar-refractivity contribution in [1.82, 2.24) is 0 Å². The second kappa shape index (κ2) is 5.74. The number of aliphatic hydroxyl groups excluding tert-OH is 1. The van der Waals surface area contributed by atoms with E-state index in [1.807, 2.05) is 18.2 Å². The minimum Gasteiger partial charge on any atom is -0.497 e. The number of hydrogen-bond acceptors (Lipinski definition) is 3. The van der Waals surface area contributed by atoms with E-state index in [0.29, 0.717) is 0 Å². The first-order valence-electron chi connectivity index (χ1n) is 5.99. The van der Waals surface area contributed by atoms with E-state index in [1.165, 1.54) is 6.42 Å². The summed E-state index contributed by atoms with van der Waals surface area (Å²) in [5.74, 6) is 0.820. The van der Waals surface area contributed by atoms with E-state index in [9.17, 15) is 5.11 Å². The van der Waals surface area contributed by atoms with Gasteiger partial charge in [0.1, 0.15) is 5.75 Å². The van der Waals surface area contributed by atoms with Crippen LogP contribution in [0.15, 0.2) is 22.7 Å². The zero-order valence-electron chi connectivity index (χ0n) is 9.95. The molecular formula is C13H18BrNO2. The van der Waals surface area contributed by atoms with E-state index in [2.05, 4.69) is 21.2 Å². The quantitative estimate of drug-likeness (QED) is 0.901. The van der Waals surface area contributed by atoms with E-state index >= 15 is 0 Å². The molecule has 1 aliphatic rings. The van der Waals surface area contributed by atoms with Gasteiger partial charge in [0, 0.05) is 10.5 Å². The van der Waals surface area contributed by atoms with Gasteiger partial charge in [-0.2, -0.15) is 0 Å². The highest BCUT2D eigenvalue weighted by Crippen LogP contribution is 2.30. The Bertz CT molecular complexity index is 384. The third-order valence-electron chi connectivity index (χ3n) is 3.24. The van der Waals surface area contributed by atoms with E-state index in [-0.39, 0.29) is 12.1 Å². The fraction of sp³-hybridized carbons (Fsp3) is 0.538. The number of aliphatic hydroxyl groups is 1. The molecule has 4 heteroatoms. The van der Waals surface area contributed by atoms with Crippen LogP contribution in [0.25, 0.3) is 0 Å². The van der Waals surface area contributed by atoms with E-state index in [0.717, 1.165) is 35.2 Å². The fourth-order valence-corrected chi connectivity index (χ4v) is 2.58. The predicted octanol–water partition coefficient (Wildman–Crippen LogP) is 3.17. The molecule has 0 radical (unpaired) electrons. The lowest BCUT2D eigenvalue weighted by molar-refractivity contribution is 0.116. The summed E-state index contributed by atoms with van der Waals surface area (Å²) < 4.78 is 6.20. The second-order valence-corrected chi connectivity index (χ2v) is 5.30. The van der Waals surface area contributed by atoms with Gasteiger partial charge >= 0.3 is 0 Å². The van der Waals surface area contributed by atoms with Crippen LogP contribution in [0, 0.1) is 0 Å². The van der Waals surface area contributed by atoms with Crippen molar-refractivity contribution in [2.45, 2.75) is 37.8 Å². The summed E-state index contributed by atoms with van der Waals surface area (Å²) >= 11 is 3.51. The largest absolute Gasteiger partial charge is 0.497 e. The number of methoxy groups -OCH3 is 1. The van der Waals surface area contributed by atoms with E-state index in [4.69, 9.17) is 4.74 Å². The molecular weight excluding hydrogens is 282 g/mol. The van der Waals surface area contributed by atoms with Crippen LogP contribution < -0.4 is 10.1 Å². The van der Waals surface area contributed by atoms with Crippen molar-refractivity contribution >= 4 is 21.6 Å². The molecule has 0 aliphatic heterocycles. The Hall–Kier alpha value is -0.740. The first-order valence-corrected chi connectivity index (χ1v) is 6.78. The summed E-state index contributed by atoms with van der Waals surface area (Å²) in [6, 6.07) is 5.96. The summed E-state index contributed by atoms with van der Waals surface area (Å²) in [4.78, 5) is 0. The zero-order chi connectivity index (χ0) is 12.3. The Morgan fingerprint density at radius 1 is 1.35 bits per heavy atom. The van der Waals surface area contributed by atoms with Crippen molar-refractivity contribution in [2.75, 3.05) is 12.4 Å². The predicted molar refractivity (Wildman–Crippen MR) is 72.6 cm³/mol. The zero-order valence-corrected chi connectivity index (χ0v) is 11.5. The van der Waals surface area contributed by atoms with Crippen molar-refractivity contribution in [1.29, 1.82) is 0 Å². The van der Waals surface area contributed by atoms with Crippen molar-refractivity contribution in [2.24, 2.45) is 0 Å². The Balaban J connectivity index is 2.11. The van der Waals surface area contributed by atoms with Crippen LogP contribution in [0.2, 0.25) is 0 Å². The van der Waals surface area contributed by atoms with Crippen molar-refractivity contribution in [3.8, 4) is 5.75 Å².